The number of alkyl halides is 3. The molecular weight excluding hydrogens is 375 g/mol. The maximum atomic E-state index is 12.6. The number of pyridine rings is 1. The molecule has 3 heterocycles. The van der Waals surface area contributed by atoms with Crippen LogP contribution in [0.3, 0.4) is 0 Å². The van der Waals surface area contributed by atoms with E-state index in [-0.39, 0.29) is 5.95 Å². The predicted octanol–water partition coefficient (Wildman–Crippen LogP) is 5.22. The van der Waals surface area contributed by atoms with Crippen LogP contribution in [0, 0.1) is 6.92 Å². The Morgan fingerprint density at radius 3 is 2.44 bits per heavy atom. The summed E-state index contributed by atoms with van der Waals surface area (Å²) in [5.74, 6) is 0.0786. The highest BCUT2D eigenvalue weighted by atomic mass is 32.1. The minimum atomic E-state index is -4.47. The first-order valence-corrected chi connectivity index (χ1v) is 8.75. The van der Waals surface area contributed by atoms with E-state index < -0.39 is 11.7 Å². The van der Waals surface area contributed by atoms with Crippen LogP contribution < -0.4 is 5.32 Å². The number of benzene rings is 1. The monoisotopic (exact) mass is 387 g/mol. The second-order valence-electron chi connectivity index (χ2n) is 5.77. The molecule has 0 aliphatic carbocycles. The number of halogens is 3. The van der Waals surface area contributed by atoms with Gasteiger partial charge in [0, 0.05) is 34.4 Å². The first-order valence-electron chi connectivity index (χ1n) is 7.87. The lowest BCUT2D eigenvalue weighted by atomic mass is 10.1. The molecule has 0 saturated heterocycles. The van der Waals surface area contributed by atoms with Crippen LogP contribution in [0.2, 0.25) is 0 Å². The van der Waals surface area contributed by atoms with E-state index in [1.165, 1.54) is 0 Å². The quantitative estimate of drug-likeness (QED) is 0.522. The van der Waals surface area contributed by atoms with E-state index in [2.05, 4.69) is 25.3 Å². The third-order valence-corrected chi connectivity index (χ3v) is 4.74. The average Bonchev–Trinajstić information content (AvgIpc) is 3.07. The van der Waals surface area contributed by atoms with Crippen molar-refractivity contribution in [3.8, 4) is 11.3 Å². The lowest BCUT2D eigenvalue weighted by molar-refractivity contribution is -0.138. The summed E-state index contributed by atoms with van der Waals surface area (Å²) in [5.41, 5.74) is 4.15. The number of nitrogens with one attached hydrogen (secondary N) is 1. The van der Waals surface area contributed by atoms with Crippen molar-refractivity contribution in [3.63, 3.8) is 0 Å². The van der Waals surface area contributed by atoms with E-state index in [1.54, 1.807) is 29.1 Å². The Kier molecular flexibility index (Phi) is 4.23. The summed E-state index contributed by atoms with van der Waals surface area (Å²) in [7, 11) is 0. The summed E-state index contributed by atoms with van der Waals surface area (Å²) < 4.78 is 37.9. The first kappa shape index (κ1) is 17.3. The second kappa shape index (κ2) is 6.58. The average molecular weight is 387 g/mol. The Hall–Kier alpha value is -3.07. The SMILES string of the molecule is Cc1scnc1-c1ccc2c(Nc3ncc(C(F)(F)F)cn3)ccnc2c1. The van der Waals surface area contributed by atoms with Gasteiger partial charge in [-0.3, -0.25) is 4.98 Å². The van der Waals surface area contributed by atoms with Gasteiger partial charge < -0.3 is 5.32 Å². The van der Waals surface area contributed by atoms with Crippen LogP contribution in [0.5, 0.6) is 0 Å². The fourth-order valence-corrected chi connectivity index (χ4v) is 3.24. The van der Waals surface area contributed by atoms with E-state index in [9.17, 15) is 13.2 Å². The van der Waals surface area contributed by atoms with Gasteiger partial charge in [0.25, 0.3) is 0 Å². The van der Waals surface area contributed by atoms with Crippen molar-refractivity contribution in [1.82, 2.24) is 19.9 Å². The minimum absolute atomic E-state index is 0.0786. The van der Waals surface area contributed by atoms with E-state index >= 15 is 0 Å². The van der Waals surface area contributed by atoms with Crippen LogP contribution in [0.4, 0.5) is 24.8 Å². The standard InChI is InChI=1S/C18H12F3N5S/c1-10-16(25-9-27-10)11-2-3-13-14(4-5-22-15(13)6-11)26-17-23-7-12(8-24-17)18(19,20)21/h2-9H,1H3,(H,22,23,24,26). The zero-order valence-corrected chi connectivity index (χ0v) is 14.8. The molecule has 27 heavy (non-hydrogen) atoms. The number of nitrogens with zero attached hydrogens (tertiary/aromatic N) is 4. The Morgan fingerprint density at radius 2 is 1.78 bits per heavy atom. The van der Waals surface area contributed by atoms with Crippen molar-refractivity contribution in [2.45, 2.75) is 13.1 Å². The largest absolute Gasteiger partial charge is 0.419 e. The third kappa shape index (κ3) is 3.45. The molecule has 0 atom stereocenters. The van der Waals surface area contributed by atoms with Gasteiger partial charge in [-0.25, -0.2) is 15.0 Å². The van der Waals surface area contributed by atoms with Crippen molar-refractivity contribution >= 4 is 33.9 Å². The van der Waals surface area contributed by atoms with Crippen molar-refractivity contribution < 1.29 is 13.2 Å². The van der Waals surface area contributed by atoms with Crippen molar-refractivity contribution in [1.29, 1.82) is 0 Å². The molecule has 9 heteroatoms. The summed E-state index contributed by atoms with van der Waals surface area (Å²) >= 11 is 1.57. The van der Waals surface area contributed by atoms with Crippen LogP contribution in [0.15, 0.2) is 48.4 Å². The van der Waals surface area contributed by atoms with E-state index in [4.69, 9.17) is 0 Å². The highest BCUT2D eigenvalue weighted by Crippen LogP contribution is 2.31. The molecule has 4 rings (SSSR count). The number of aromatic nitrogens is 4. The third-order valence-electron chi connectivity index (χ3n) is 3.99. The first-order chi connectivity index (χ1) is 12.9. The Bertz CT molecular complexity index is 1110. The number of hydrogen-bond acceptors (Lipinski definition) is 6. The van der Waals surface area contributed by atoms with Crippen LogP contribution >= 0.6 is 11.3 Å². The summed E-state index contributed by atoms with van der Waals surface area (Å²) in [6.07, 6.45) is -1.35. The Balaban J connectivity index is 1.67. The summed E-state index contributed by atoms with van der Waals surface area (Å²) in [6.45, 7) is 2.00. The molecule has 4 aromatic rings. The molecule has 0 saturated carbocycles. The van der Waals surface area contributed by atoms with Crippen molar-refractivity contribution in [2.24, 2.45) is 0 Å². The van der Waals surface area contributed by atoms with Gasteiger partial charge in [0.2, 0.25) is 5.95 Å². The lowest BCUT2D eigenvalue weighted by Gasteiger charge is -2.10. The van der Waals surface area contributed by atoms with Gasteiger partial charge in [-0.2, -0.15) is 13.2 Å². The van der Waals surface area contributed by atoms with Gasteiger partial charge in [-0.15, -0.1) is 11.3 Å². The van der Waals surface area contributed by atoms with E-state index in [0.717, 1.165) is 39.4 Å². The van der Waals surface area contributed by atoms with E-state index in [1.807, 2.05) is 25.1 Å². The molecule has 0 aliphatic heterocycles. The van der Waals surface area contributed by atoms with Crippen LogP contribution in [-0.2, 0) is 6.18 Å². The topological polar surface area (TPSA) is 63.6 Å². The normalized spacial score (nSPS) is 11.7. The molecule has 0 radical (unpaired) electrons. The fraction of sp³-hybridized carbons (Fsp3) is 0.111. The molecule has 0 amide bonds. The zero-order chi connectivity index (χ0) is 19.0. The van der Waals surface area contributed by atoms with Crippen molar-refractivity contribution in [2.75, 3.05) is 5.32 Å². The summed E-state index contributed by atoms with van der Waals surface area (Å²) in [5, 5.41) is 3.75. The fourth-order valence-electron chi connectivity index (χ4n) is 2.65. The zero-order valence-electron chi connectivity index (χ0n) is 13.9. The Morgan fingerprint density at radius 1 is 1.00 bits per heavy atom. The second-order valence-corrected chi connectivity index (χ2v) is 6.82. The summed E-state index contributed by atoms with van der Waals surface area (Å²) in [6, 6.07) is 7.47. The van der Waals surface area contributed by atoms with Crippen LogP contribution in [-0.4, -0.2) is 19.9 Å². The highest BCUT2D eigenvalue weighted by Gasteiger charge is 2.31. The number of aryl methyl sites for hydroxylation is 1. The molecule has 5 nitrogen and oxygen atoms in total. The molecule has 136 valence electrons. The molecule has 0 unspecified atom stereocenters. The van der Waals surface area contributed by atoms with Gasteiger partial charge in [0.1, 0.15) is 0 Å². The number of hydrogen-bond donors (Lipinski definition) is 1. The number of rotatable bonds is 3. The molecule has 3 aromatic heterocycles. The molecule has 0 bridgehead atoms. The predicted molar refractivity (Wildman–Crippen MR) is 97.9 cm³/mol. The van der Waals surface area contributed by atoms with Gasteiger partial charge >= 0.3 is 6.18 Å². The molecule has 0 spiro atoms. The van der Waals surface area contributed by atoms with Crippen LogP contribution in [0.1, 0.15) is 10.4 Å². The maximum Gasteiger partial charge on any atom is 0.419 e. The molecule has 1 aromatic carbocycles. The molecule has 1 N–H and O–H groups in total. The molecule has 0 fully saturated rings. The number of anilines is 2. The molecule has 0 aliphatic rings. The van der Waals surface area contributed by atoms with Gasteiger partial charge in [-0.1, -0.05) is 12.1 Å². The van der Waals surface area contributed by atoms with Crippen molar-refractivity contribution in [3.05, 3.63) is 58.8 Å². The minimum Gasteiger partial charge on any atom is -0.323 e. The van der Waals surface area contributed by atoms with Gasteiger partial charge in [0.15, 0.2) is 0 Å². The highest BCUT2D eigenvalue weighted by molar-refractivity contribution is 7.10. The number of thiazole rings is 1. The van der Waals surface area contributed by atoms with Gasteiger partial charge in [0.05, 0.1) is 28.0 Å². The smallest absolute Gasteiger partial charge is 0.323 e. The lowest BCUT2D eigenvalue weighted by Crippen LogP contribution is -2.07. The van der Waals surface area contributed by atoms with Gasteiger partial charge in [-0.05, 0) is 19.1 Å². The van der Waals surface area contributed by atoms with E-state index in [0.29, 0.717) is 5.69 Å². The number of fused-ring (bicyclic) bond motifs is 1. The summed E-state index contributed by atoms with van der Waals surface area (Å²) in [4.78, 5) is 17.4. The Labute approximate surface area is 156 Å². The molecular formula is C18H12F3N5S. The van der Waals surface area contributed by atoms with Crippen LogP contribution in [0.25, 0.3) is 22.2 Å². The maximum absolute atomic E-state index is 12.6.